The molecule has 0 aliphatic heterocycles. The van der Waals surface area contributed by atoms with Gasteiger partial charge in [0.15, 0.2) is 0 Å². The second-order valence-corrected chi connectivity index (χ2v) is 3.35. The predicted molar refractivity (Wildman–Crippen MR) is 59.0 cm³/mol. The molecule has 5 nitrogen and oxygen atoms in total. The molecule has 0 unspecified atom stereocenters. The molecule has 5 heteroatoms. The van der Waals surface area contributed by atoms with Crippen LogP contribution in [0.4, 0.5) is 5.69 Å². The Kier molecular flexibility index (Phi) is 4.14. The number of rotatable bonds is 4. The zero-order chi connectivity index (χ0) is 12.0. The summed E-state index contributed by atoms with van der Waals surface area (Å²) in [6.45, 7) is 0.842. The van der Waals surface area contributed by atoms with Crippen molar-refractivity contribution in [1.82, 2.24) is 4.90 Å². The maximum absolute atomic E-state index is 9.24. The fourth-order valence-corrected chi connectivity index (χ4v) is 1.33. The van der Waals surface area contributed by atoms with E-state index in [-0.39, 0.29) is 18.8 Å². The molecule has 0 heterocycles. The molecule has 0 spiro atoms. The van der Waals surface area contributed by atoms with Crippen LogP contribution < -0.4 is 5.73 Å². The first-order chi connectivity index (χ1) is 7.67. The van der Waals surface area contributed by atoms with Crippen molar-refractivity contribution in [3.8, 4) is 17.9 Å². The lowest BCUT2D eigenvalue weighted by molar-refractivity contribution is 0.334. The lowest BCUT2D eigenvalue weighted by atomic mass is 10.2. The molecule has 0 fully saturated rings. The predicted octanol–water partition coefficient (Wildman–Crippen LogP) is 0.824. The van der Waals surface area contributed by atoms with E-state index in [9.17, 15) is 5.11 Å². The minimum Gasteiger partial charge on any atom is -0.506 e. The molecule has 1 aromatic rings. The summed E-state index contributed by atoms with van der Waals surface area (Å²) in [6.07, 6.45) is 0. The Morgan fingerprint density at radius 1 is 1.25 bits per heavy atom. The quantitative estimate of drug-likeness (QED) is 0.441. The van der Waals surface area contributed by atoms with Crippen molar-refractivity contribution in [2.45, 2.75) is 6.54 Å². The van der Waals surface area contributed by atoms with Gasteiger partial charge < -0.3 is 10.8 Å². The fourth-order valence-electron chi connectivity index (χ4n) is 1.33. The molecule has 0 atom stereocenters. The van der Waals surface area contributed by atoms with Crippen molar-refractivity contribution < 1.29 is 5.11 Å². The third-order valence-corrected chi connectivity index (χ3v) is 2.09. The van der Waals surface area contributed by atoms with Crippen molar-refractivity contribution in [1.29, 1.82) is 10.5 Å². The van der Waals surface area contributed by atoms with Gasteiger partial charge in [-0.25, -0.2) is 0 Å². The van der Waals surface area contributed by atoms with Crippen LogP contribution in [0, 0.1) is 22.7 Å². The van der Waals surface area contributed by atoms with Crippen molar-refractivity contribution in [2.24, 2.45) is 0 Å². The lowest BCUT2D eigenvalue weighted by Gasteiger charge is -2.15. The standard InChI is InChI=1S/C11H12N4O/c12-3-5-15(6-4-13)8-9-1-2-11(16)10(14)7-9/h1-2,7,16H,5-6,8,14H2. The molecular weight excluding hydrogens is 204 g/mol. The van der Waals surface area contributed by atoms with Crippen LogP contribution in [0.2, 0.25) is 0 Å². The molecule has 0 aromatic heterocycles. The van der Waals surface area contributed by atoms with Gasteiger partial charge in [0.2, 0.25) is 0 Å². The number of phenols is 1. The van der Waals surface area contributed by atoms with Crippen molar-refractivity contribution in [3.05, 3.63) is 23.8 Å². The highest BCUT2D eigenvalue weighted by Crippen LogP contribution is 2.21. The van der Waals surface area contributed by atoms with E-state index in [4.69, 9.17) is 16.3 Å². The highest BCUT2D eigenvalue weighted by molar-refractivity contribution is 5.53. The molecule has 16 heavy (non-hydrogen) atoms. The number of nitrogens with two attached hydrogens (primary N) is 1. The number of phenolic OH excluding ortho intramolecular Hbond substituents is 1. The maximum atomic E-state index is 9.24. The number of nitrogen functional groups attached to an aromatic ring is 1. The molecule has 1 rings (SSSR count). The average molecular weight is 216 g/mol. The Morgan fingerprint density at radius 2 is 1.88 bits per heavy atom. The summed E-state index contributed by atoms with van der Waals surface area (Å²) in [5.74, 6) is 0.0378. The summed E-state index contributed by atoms with van der Waals surface area (Å²) >= 11 is 0. The SMILES string of the molecule is N#CCN(CC#N)Cc1ccc(O)c(N)c1. The monoisotopic (exact) mass is 216 g/mol. The molecule has 82 valence electrons. The normalized spacial score (nSPS) is 9.69. The van der Waals surface area contributed by atoms with Gasteiger partial charge >= 0.3 is 0 Å². The van der Waals surface area contributed by atoms with Crippen molar-refractivity contribution in [3.63, 3.8) is 0 Å². The summed E-state index contributed by atoms with van der Waals surface area (Å²) in [4.78, 5) is 1.69. The number of aromatic hydroxyl groups is 1. The van der Waals surface area contributed by atoms with Gasteiger partial charge in [0.25, 0.3) is 0 Å². The first-order valence-corrected chi connectivity index (χ1v) is 4.71. The summed E-state index contributed by atoms with van der Waals surface area (Å²) in [6, 6.07) is 8.84. The van der Waals surface area contributed by atoms with E-state index >= 15 is 0 Å². The Hall–Kier alpha value is -2.24. The number of hydrogen-bond donors (Lipinski definition) is 2. The minimum absolute atomic E-state index is 0.0378. The van der Waals surface area contributed by atoms with Crippen LogP contribution in [0.25, 0.3) is 0 Å². The molecule has 0 aliphatic carbocycles. The molecule has 0 saturated heterocycles. The van der Waals surface area contributed by atoms with Crippen LogP contribution in [0.5, 0.6) is 5.75 Å². The Balaban J connectivity index is 2.74. The van der Waals surface area contributed by atoms with Gasteiger partial charge in [0, 0.05) is 6.54 Å². The van der Waals surface area contributed by atoms with Crippen LogP contribution in [-0.2, 0) is 6.54 Å². The molecule has 1 aromatic carbocycles. The van der Waals surface area contributed by atoms with Gasteiger partial charge in [-0.3, -0.25) is 4.90 Å². The number of nitriles is 2. The molecule has 0 bridgehead atoms. The molecule has 0 aliphatic rings. The van der Waals surface area contributed by atoms with Gasteiger partial charge in [-0.2, -0.15) is 10.5 Å². The van der Waals surface area contributed by atoms with E-state index in [1.807, 2.05) is 12.1 Å². The number of nitrogens with zero attached hydrogens (tertiary/aromatic N) is 3. The summed E-state index contributed by atoms with van der Waals surface area (Å²) in [5, 5.41) is 26.4. The molecule has 0 radical (unpaired) electrons. The molecule has 0 saturated carbocycles. The first-order valence-electron chi connectivity index (χ1n) is 4.71. The second-order valence-electron chi connectivity index (χ2n) is 3.35. The first kappa shape index (κ1) is 11.8. The third kappa shape index (κ3) is 3.16. The van der Waals surface area contributed by atoms with E-state index in [1.54, 1.807) is 17.0 Å². The van der Waals surface area contributed by atoms with Crippen LogP contribution in [0.15, 0.2) is 18.2 Å². The van der Waals surface area contributed by atoms with Gasteiger partial charge in [-0.05, 0) is 17.7 Å². The average Bonchev–Trinajstić information content (AvgIpc) is 2.24. The topological polar surface area (TPSA) is 97.1 Å². The van der Waals surface area contributed by atoms with Gasteiger partial charge in [-0.1, -0.05) is 6.07 Å². The molecular formula is C11H12N4O. The number of hydrogen-bond acceptors (Lipinski definition) is 5. The zero-order valence-electron chi connectivity index (χ0n) is 8.72. The van der Waals surface area contributed by atoms with E-state index in [1.165, 1.54) is 6.07 Å². The van der Waals surface area contributed by atoms with Crippen LogP contribution in [0.3, 0.4) is 0 Å². The highest BCUT2D eigenvalue weighted by atomic mass is 16.3. The van der Waals surface area contributed by atoms with E-state index in [0.717, 1.165) is 5.56 Å². The Bertz CT molecular complexity index is 428. The van der Waals surface area contributed by atoms with Crippen molar-refractivity contribution >= 4 is 5.69 Å². The zero-order valence-corrected chi connectivity index (χ0v) is 8.72. The molecule has 3 N–H and O–H groups in total. The Labute approximate surface area is 93.9 Å². The van der Waals surface area contributed by atoms with Crippen molar-refractivity contribution in [2.75, 3.05) is 18.8 Å². The highest BCUT2D eigenvalue weighted by Gasteiger charge is 2.06. The van der Waals surface area contributed by atoms with Crippen LogP contribution in [-0.4, -0.2) is 23.1 Å². The lowest BCUT2D eigenvalue weighted by Crippen LogP contribution is -2.23. The van der Waals surface area contributed by atoms with Gasteiger partial charge in [0.05, 0.1) is 30.9 Å². The fraction of sp³-hybridized carbons (Fsp3) is 0.273. The van der Waals surface area contributed by atoms with Gasteiger partial charge in [-0.15, -0.1) is 0 Å². The third-order valence-electron chi connectivity index (χ3n) is 2.09. The summed E-state index contributed by atoms with van der Waals surface area (Å²) in [7, 11) is 0. The minimum atomic E-state index is 0.0378. The van der Waals surface area contributed by atoms with E-state index in [0.29, 0.717) is 12.2 Å². The van der Waals surface area contributed by atoms with Gasteiger partial charge in [0.1, 0.15) is 5.75 Å². The largest absolute Gasteiger partial charge is 0.506 e. The summed E-state index contributed by atoms with van der Waals surface area (Å²) in [5.41, 5.74) is 6.71. The van der Waals surface area contributed by atoms with Crippen LogP contribution >= 0.6 is 0 Å². The molecule has 0 amide bonds. The van der Waals surface area contributed by atoms with E-state index < -0.39 is 0 Å². The number of anilines is 1. The van der Waals surface area contributed by atoms with Crippen LogP contribution in [0.1, 0.15) is 5.56 Å². The second kappa shape index (κ2) is 5.59. The Morgan fingerprint density at radius 3 is 2.38 bits per heavy atom. The summed E-state index contributed by atoms with van der Waals surface area (Å²) < 4.78 is 0. The van der Waals surface area contributed by atoms with E-state index in [2.05, 4.69) is 0 Å². The smallest absolute Gasteiger partial charge is 0.138 e. The maximum Gasteiger partial charge on any atom is 0.138 e. The number of benzene rings is 1.